The van der Waals surface area contributed by atoms with Crippen LogP contribution in [0.3, 0.4) is 0 Å². The molecule has 0 aromatic carbocycles. The predicted octanol–water partition coefficient (Wildman–Crippen LogP) is 0.267. The molecule has 0 unspecified atom stereocenters. The third-order valence-electron chi connectivity index (χ3n) is 4.20. The third-order valence-corrected chi connectivity index (χ3v) is 6.36. The van der Waals surface area contributed by atoms with E-state index in [1.165, 1.54) is 4.31 Å². The van der Waals surface area contributed by atoms with E-state index in [1.807, 2.05) is 0 Å². The highest BCUT2D eigenvalue weighted by Crippen LogP contribution is 2.22. The molecule has 2 aromatic heterocycles. The normalized spacial score (nSPS) is 17.5. The summed E-state index contributed by atoms with van der Waals surface area (Å²) in [5, 5.41) is 14.5. The summed E-state index contributed by atoms with van der Waals surface area (Å²) in [5.41, 5.74) is 1.10. The van der Waals surface area contributed by atoms with Gasteiger partial charge in [-0.25, -0.2) is 8.42 Å². The second kappa shape index (κ2) is 6.61. The van der Waals surface area contributed by atoms with Gasteiger partial charge in [-0.05, 0) is 13.8 Å². The van der Waals surface area contributed by atoms with Gasteiger partial charge in [-0.2, -0.15) is 9.40 Å². The molecule has 132 valence electrons. The van der Waals surface area contributed by atoms with Crippen molar-refractivity contribution < 1.29 is 12.8 Å². The van der Waals surface area contributed by atoms with Crippen LogP contribution in [0.15, 0.2) is 9.31 Å². The minimum atomic E-state index is -3.50. The summed E-state index contributed by atoms with van der Waals surface area (Å²) >= 11 is 0. The summed E-state index contributed by atoms with van der Waals surface area (Å²) in [6, 6.07) is 0. The number of sulfonamides is 1. The summed E-state index contributed by atoms with van der Waals surface area (Å²) in [7, 11) is -3.50. The molecule has 0 amide bonds. The van der Waals surface area contributed by atoms with E-state index in [0.717, 1.165) is 6.54 Å². The lowest BCUT2D eigenvalue weighted by Gasteiger charge is -2.33. The van der Waals surface area contributed by atoms with Crippen molar-refractivity contribution in [1.82, 2.24) is 29.6 Å². The molecule has 1 fully saturated rings. The molecular weight excluding hydrogens is 332 g/mol. The summed E-state index contributed by atoms with van der Waals surface area (Å²) in [6.45, 7) is 8.28. The summed E-state index contributed by atoms with van der Waals surface area (Å²) in [4.78, 5) is 2.51. The molecule has 1 N–H and O–H groups in total. The van der Waals surface area contributed by atoms with Gasteiger partial charge in [0.1, 0.15) is 4.90 Å². The topological polar surface area (TPSA) is 108 Å². The van der Waals surface area contributed by atoms with Gasteiger partial charge in [0, 0.05) is 46.1 Å². The predicted molar refractivity (Wildman–Crippen MR) is 86.0 cm³/mol. The van der Waals surface area contributed by atoms with Gasteiger partial charge in [-0.1, -0.05) is 0 Å². The minimum absolute atomic E-state index is 0.303. The maximum Gasteiger partial charge on any atom is 0.246 e. The molecule has 1 aliphatic rings. The highest BCUT2D eigenvalue weighted by atomic mass is 32.2. The van der Waals surface area contributed by atoms with Gasteiger partial charge >= 0.3 is 0 Å². The molecule has 10 heteroatoms. The summed E-state index contributed by atoms with van der Waals surface area (Å²) in [5.74, 6) is 1.18. The van der Waals surface area contributed by atoms with E-state index in [4.69, 9.17) is 4.42 Å². The highest BCUT2D eigenvalue weighted by Gasteiger charge is 2.32. The number of nitrogens with zero attached hydrogens (tertiary/aromatic N) is 5. The molecule has 24 heavy (non-hydrogen) atoms. The average molecular weight is 354 g/mol. The van der Waals surface area contributed by atoms with Crippen LogP contribution in [0.4, 0.5) is 0 Å². The Bertz CT molecular complexity index is 785. The Morgan fingerprint density at radius 1 is 1.12 bits per heavy atom. The van der Waals surface area contributed by atoms with Crippen LogP contribution in [0.2, 0.25) is 0 Å². The lowest BCUT2D eigenvalue weighted by molar-refractivity contribution is 0.186. The molecule has 2 aromatic rings. The van der Waals surface area contributed by atoms with Crippen LogP contribution in [0.5, 0.6) is 0 Å². The summed E-state index contributed by atoms with van der Waals surface area (Å²) < 4.78 is 32.5. The van der Waals surface area contributed by atoms with Gasteiger partial charge in [-0.3, -0.25) is 5.10 Å². The van der Waals surface area contributed by atoms with Gasteiger partial charge in [0.25, 0.3) is 0 Å². The van der Waals surface area contributed by atoms with Crippen LogP contribution in [0.25, 0.3) is 0 Å². The largest absolute Gasteiger partial charge is 0.426 e. The number of rotatable bonds is 5. The van der Waals surface area contributed by atoms with E-state index in [2.05, 4.69) is 25.3 Å². The highest BCUT2D eigenvalue weighted by molar-refractivity contribution is 7.89. The lowest BCUT2D eigenvalue weighted by Crippen LogP contribution is -2.49. The molecule has 0 atom stereocenters. The zero-order valence-corrected chi connectivity index (χ0v) is 14.9. The van der Waals surface area contributed by atoms with Crippen molar-refractivity contribution in [1.29, 1.82) is 0 Å². The number of nitrogens with one attached hydrogen (secondary N) is 1. The fourth-order valence-corrected chi connectivity index (χ4v) is 4.69. The Morgan fingerprint density at radius 2 is 1.83 bits per heavy atom. The Balaban J connectivity index is 1.58. The zero-order chi connectivity index (χ0) is 17.3. The van der Waals surface area contributed by atoms with Crippen LogP contribution in [-0.4, -0.2) is 70.7 Å². The van der Waals surface area contributed by atoms with Gasteiger partial charge in [0.05, 0.1) is 11.4 Å². The molecule has 0 aliphatic carbocycles. The van der Waals surface area contributed by atoms with Crippen molar-refractivity contribution in [3.63, 3.8) is 0 Å². The molecule has 9 nitrogen and oxygen atoms in total. The van der Waals surface area contributed by atoms with Crippen molar-refractivity contribution in [3.8, 4) is 0 Å². The molecule has 1 aliphatic heterocycles. The molecule has 0 spiro atoms. The quantitative estimate of drug-likeness (QED) is 0.821. The first-order valence-electron chi connectivity index (χ1n) is 7.91. The van der Waals surface area contributed by atoms with Crippen LogP contribution >= 0.6 is 0 Å². The molecule has 0 saturated carbocycles. The van der Waals surface area contributed by atoms with Gasteiger partial charge < -0.3 is 9.32 Å². The SMILES string of the molecule is Cc1nnc(CCN2CCN(S(=O)(=O)c3c(C)n[nH]c3C)CC2)o1. The van der Waals surface area contributed by atoms with Crippen molar-refractivity contribution >= 4 is 10.0 Å². The maximum absolute atomic E-state index is 12.8. The number of piperazine rings is 1. The number of aryl methyl sites for hydroxylation is 3. The van der Waals surface area contributed by atoms with Gasteiger partial charge in [0.15, 0.2) is 0 Å². The summed E-state index contributed by atoms with van der Waals surface area (Å²) in [6.07, 6.45) is 0.674. The first-order valence-corrected chi connectivity index (χ1v) is 9.35. The van der Waals surface area contributed by atoms with Crippen LogP contribution in [0, 0.1) is 20.8 Å². The molecular formula is C14H22N6O3S. The second-order valence-electron chi connectivity index (χ2n) is 5.97. The monoisotopic (exact) mass is 354 g/mol. The molecule has 0 radical (unpaired) electrons. The maximum atomic E-state index is 12.8. The third kappa shape index (κ3) is 3.35. The molecule has 0 bridgehead atoms. The second-order valence-corrected chi connectivity index (χ2v) is 7.85. The Labute approximate surface area is 141 Å². The van der Waals surface area contributed by atoms with Crippen molar-refractivity contribution in [2.24, 2.45) is 0 Å². The number of hydrogen-bond acceptors (Lipinski definition) is 7. The van der Waals surface area contributed by atoms with Crippen molar-refractivity contribution in [2.75, 3.05) is 32.7 Å². The van der Waals surface area contributed by atoms with E-state index >= 15 is 0 Å². The van der Waals surface area contributed by atoms with E-state index in [9.17, 15) is 8.42 Å². The average Bonchev–Trinajstić information content (AvgIpc) is 3.11. The molecule has 1 saturated heterocycles. The van der Waals surface area contributed by atoms with Crippen LogP contribution in [-0.2, 0) is 16.4 Å². The standard InChI is InChI=1S/C14H22N6O3S/c1-10-14(11(2)16-15-10)24(21,22)20-8-6-19(7-9-20)5-4-13-18-17-12(3)23-13/h4-9H2,1-3H3,(H,15,16). The van der Waals surface area contributed by atoms with Crippen molar-refractivity contribution in [3.05, 3.63) is 23.2 Å². The number of H-pyrrole nitrogens is 1. The smallest absolute Gasteiger partial charge is 0.246 e. The lowest BCUT2D eigenvalue weighted by atomic mass is 10.3. The number of hydrogen-bond donors (Lipinski definition) is 1. The Morgan fingerprint density at radius 3 is 2.38 bits per heavy atom. The van der Waals surface area contributed by atoms with Gasteiger partial charge in [0.2, 0.25) is 21.8 Å². The fourth-order valence-electron chi connectivity index (χ4n) is 2.94. The van der Waals surface area contributed by atoms with E-state index < -0.39 is 10.0 Å². The van der Waals surface area contributed by atoms with Gasteiger partial charge in [-0.15, -0.1) is 10.2 Å². The van der Waals surface area contributed by atoms with E-state index in [1.54, 1.807) is 20.8 Å². The first-order chi connectivity index (χ1) is 11.4. The van der Waals surface area contributed by atoms with Crippen molar-refractivity contribution in [2.45, 2.75) is 32.1 Å². The fraction of sp³-hybridized carbons (Fsp3) is 0.643. The van der Waals surface area contributed by atoms with E-state index in [0.29, 0.717) is 60.7 Å². The minimum Gasteiger partial charge on any atom is -0.426 e. The Hall–Kier alpha value is -1.78. The first kappa shape index (κ1) is 17.1. The van der Waals surface area contributed by atoms with E-state index in [-0.39, 0.29) is 0 Å². The molecule has 3 heterocycles. The van der Waals surface area contributed by atoms with Crippen LogP contribution < -0.4 is 0 Å². The Kier molecular flexibility index (Phi) is 4.70. The zero-order valence-electron chi connectivity index (χ0n) is 14.1. The molecule has 3 rings (SSSR count). The number of aromatic amines is 1. The van der Waals surface area contributed by atoms with Crippen LogP contribution in [0.1, 0.15) is 23.2 Å². The number of aromatic nitrogens is 4.